The third-order valence-corrected chi connectivity index (χ3v) is 4.60. The summed E-state index contributed by atoms with van der Waals surface area (Å²) in [5.74, 6) is 0.214. The number of hydrogen-bond donors (Lipinski definition) is 0. The fraction of sp³-hybridized carbons (Fsp3) is 0.444. The van der Waals surface area contributed by atoms with Gasteiger partial charge in [-0.3, -0.25) is 9.59 Å². The Morgan fingerprint density at radius 1 is 1.04 bits per heavy atom. The van der Waals surface area contributed by atoms with Gasteiger partial charge in [-0.15, -0.1) is 0 Å². The molecule has 2 amide bonds. The maximum atomic E-state index is 12.7. The molecule has 122 valence electrons. The zero-order valence-corrected chi connectivity index (χ0v) is 13.8. The number of aromatic nitrogens is 1. The molecule has 0 N–H and O–H groups in total. The number of aryl methyl sites for hydroxylation is 1. The van der Waals surface area contributed by atoms with E-state index < -0.39 is 0 Å². The highest BCUT2D eigenvalue weighted by molar-refractivity contribution is 5.84. The van der Waals surface area contributed by atoms with Crippen LogP contribution in [0.4, 0.5) is 0 Å². The average molecular weight is 313 g/mol. The predicted molar refractivity (Wildman–Crippen MR) is 90.1 cm³/mol. The van der Waals surface area contributed by atoms with E-state index in [1.54, 1.807) is 6.92 Å². The van der Waals surface area contributed by atoms with Gasteiger partial charge in [-0.1, -0.05) is 18.2 Å². The number of carbonyl (C=O) groups is 2. The molecule has 1 saturated heterocycles. The Bertz CT molecular complexity index is 735. The lowest BCUT2D eigenvalue weighted by Crippen LogP contribution is -2.38. The first-order chi connectivity index (χ1) is 11.1. The molecule has 1 aliphatic rings. The first-order valence-electron chi connectivity index (χ1n) is 8.14. The summed E-state index contributed by atoms with van der Waals surface area (Å²) < 4.78 is 2.07. The van der Waals surface area contributed by atoms with Crippen molar-refractivity contribution in [3.8, 4) is 0 Å². The summed E-state index contributed by atoms with van der Waals surface area (Å²) in [5, 5.41) is 1.16. The second-order valence-electron chi connectivity index (χ2n) is 6.17. The smallest absolute Gasteiger partial charge is 0.242 e. The van der Waals surface area contributed by atoms with Crippen LogP contribution in [0.25, 0.3) is 10.9 Å². The molecule has 0 radical (unpaired) electrons. The van der Waals surface area contributed by atoms with Gasteiger partial charge in [0.2, 0.25) is 11.8 Å². The van der Waals surface area contributed by atoms with Crippen LogP contribution in [0, 0.1) is 6.92 Å². The minimum Gasteiger partial charge on any atom is -0.341 e. The summed E-state index contributed by atoms with van der Waals surface area (Å²) in [6.07, 6.45) is 0.844. The maximum absolute atomic E-state index is 12.7. The van der Waals surface area contributed by atoms with Crippen LogP contribution in [-0.2, 0) is 16.1 Å². The summed E-state index contributed by atoms with van der Waals surface area (Å²) in [6.45, 7) is 6.70. The molecule has 1 aromatic heterocycles. The van der Waals surface area contributed by atoms with E-state index in [-0.39, 0.29) is 11.8 Å². The van der Waals surface area contributed by atoms with E-state index in [4.69, 9.17) is 0 Å². The summed E-state index contributed by atoms with van der Waals surface area (Å²) in [5.41, 5.74) is 2.19. The maximum Gasteiger partial charge on any atom is 0.242 e. The fourth-order valence-electron chi connectivity index (χ4n) is 3.28. The Balaban J connectivity index is 1.73. The Kier molecular flexibility index (Phi) is 4.37. The first-order valence-corrected chi connectivity index (χ1v) is 8.14. The Labute approximate surface area is 136 Å². The van der Waals surface area contributed by atoms with Crippen LogP contribution >= 0.6 is 0 Å². The molecular weight excluding hydrogens is 290 g/mol. The van der Waals surface area contributed by atoms with Gasteiger partial charge in [0.25, 0.3) is 0 Å². The van der Waals surface area contributed by atoms with Gasteiger partial charge in [-0.2, -0.15) is 0 Å². The lowest BCUT2D eigenvalue weighted by Gasteiger charge is -2.22. The zero-order valence-electron chi connectivity index (χ0n) is 13.8. The van der Waals surface area contributed by atoms with E-state index in [1.165, 1.54) is 0 Å². The van der Waals surface area contributed by atoms with Crippen molar-refractivity contribution in [2.45, 2.75) is 26.8 Å². The van der Waals surface area contributed by atoms with Gasteiger partial charge in [0, 0.05) is 44.3 Å². The van der Waals surface area contributed by atoms with E-state index >= 15 is 0 Å². The second-order valence-corrected chi connectivity index (χ2v) is 6.17. The van der Waals surface area contributed by atoms with Crippen molar-refractivity contribution >= 4 is 22.7 Å². The Hall–Kier alpha value is -2.30. The number of benzene rings is 1. The van der Waals surface area contributed by atoms with Crippen LogP contribution in [-0.4, -0.2) is 52.4 Å². The molecule has 1 aliphatic heterocycles. The lowest BCUT2D eigenvalue weighted by atomic mass is 10.2. The minimum absolute atomic E-state index is 0.0894. The van der Waals surface area contributed by atoms with E-state index in [9.17, 15) is 9.59 Å². The van der Waals surface area contributed by atoms with Crippen molar-refractivity contribution in [2.24, 2.45) is 0 Å². The van der Waals surface area contributed by atoms with Gasteiger partial charge in [-0.25, -0.2) is 0 Å². The highest BCUT2D eigenvalue weighted by atomic mass is 16.2. The van der Waals surface area contributed by atoms with Crippen LogP contribution in [0.1, 0.15) is 19.0 Å². The van der Waals surface area contributed by atoms with Gasteiger partial charge in [0.15, 0.2) is 0 Å². The number of para-hydroxylation sites is 1. The summed E-state index contributed by atoms with van der Waals surface area (Å²) in [4.78, 5) is 27.9. The third-order valence-electron chi connectivity index (χ3n) is 4.60. The largest absolute Gasteiger partial charge is 0.341 e. The number of nitrogens with zero attached hydrogens (tertiary/aromatic N) is 3. The molecule has 1 aromatic carbocycles. The first kappa shape index (κ1) is 15.6. The van der Waals surface area contributed by atoms with Crippen molar-refractivity contribution in [3.05, 3.63) is 36.0 Å². The molecule has 5 nitrogen and oxygen atoms in total. The standard InChI is InChI=1S/C18H23N3O2/c1-14-12-16-6-3-4-7-17(16)21(14)13-18(23)20-9-5-8-19(10-11-20)15(2)22/h3-4,6-7,12H,5,8-11,13H2,1-2H3. The molecule has 2 aromatic rings. The number of fused-ring (bicyclic) bond motifs is 1. The monoisotopic (exact) mass is 313 g/mol. The lowest BCUT2D eigenvalue weighted by molar-refractivity contribution is -0.133. The van der Waals surface area contributed by atoms with Gasteiger partial charge in [0.1, 0.15) is 6.54 Å². The minimum atomic E-state index is 0.0894. The Morgan fingerprint density at radius 3 is 2.52 bits per heavy atom. The summed E-state index contributed by atoms with van der Waals surface area (Å²) >= 11 is 0. The van der Waals surface area contributed by atoms with Crippen molar-refractivity contribution in [3.63, 3.8) is 0 Å². The topological polar surface area (TPSA) is 45.6 Å². The van der Waals surface area contributed by atoms with Crippen molar-refractivity contribution in [2.75, 3.05) is 26.2 Å². The van der Waals surface area contributed by atoms with Crippen molar-refractivity contribution < 1.29 is 9.59 Å². The van der Waals surface area contributed by atoms with Crippen LogP contribution in [0.5, 0.6) is 0 Å². The van der Waals surface area contributed by atoms with Crippen LogP contribution in [0.3, 0.4) is 0 Å². The van der Waals surface area contributed by atoms with Gasteiger partial charge in [-0.05, 0) is 30.9 Å². The number of carbonyl (C=O) groups excluding carboxylic acids is 2. The second kappa shape index (κ2) is 6.44. The molecule has 0 unspecified atom stereocenters. The number of amides is 2. The number of rotatable bonds is 2. The predicted octanol–water partition coefficient (Wildman–Crippen LogP) is 2.03. The third kappa shape index (κ3) is 3.23. The molecular formula is C18H23N3O2. The van der Waals surface area contributed by atoms with E-state index in [0.717, 1.165) is 36.1 Å². The zero-order chi connectivity index (χ0) is 16.4. The molecule has 23 heavy (non-hydrogen) atoms. The van der Waals surface area contributed by atoms with Crippen LogP contribution in [0.2, 0.25) is 0 Å². The molecule has 2 heterocycles. The molecule has 0 saturated carbocycles. The normalized spacial score (nSPS) is 15.7. The van der Waals surface area contributed by atoms with Gasteiger partial charge < -0.3 is 14.4 Å². The summed E-state index contributed by atoms with van der Waals surface area (Å²) in [7, 11) is 0. The van der Waals surface area contributed by atoms with Gasteiger partial charge in [0.05, 0.1) is 0 Å². The number of hydrogen-bond acceptors (Lipinski definition) is 2. The van der Waals surface area contributed by atoms with Crippen LogP contribution < -0.4 is 0 Å². The Morgan fingerprint density at radius 2 is 1.74 bits per heavy atom. The molecule has 0 bridgehead atoms. The fourth-order valence-corrected chi connectivity index (χ4v) is 3.28. The molecule has 5 heteroatoms. The van der Waals surface area contributed by atoms with E-state index in [2.05, 4.69) is 22.8 Å². The summed E-state index contributed by atoms with van der Waals surface area (Å²) in [6, 6.07) is 10.2. The molecule has 0 atom stereocenters. The molecule has 1 fully saturated rings. The molecule has 0 aliphatic carbocycles. The van der Waals surface area contributed by atoms with Crippen molar-refractivity contribution in [1.29, 1.82) is 0 Å². The van der Waals surface area contributed by atoms with E-state index in [0.29, 0.717) is 19.6 Å². The van der Waals surface area contributed by atoms with E-state index in [1.807, 2.05) is 28.9 Å². The van der Waals surface area contributed by atoms with Gasteiger partial charge >= 0.3 is 0 Å². The SMILES string of the molecule is CC(=O)N1CCCN(C(=O)Cn2c(C)cc3ccccc32)CC1. The molecule has 3 rings (SSSR count). The average Bonchev–Trinajstić information content (AvgIpc) is 2.72. The molecule has 0 spiro atoms. The van der Waals surface area contributed by atoms with Crippen LogP contribution in [0.15, 0.2) is 30.3 Å². The highest BCUT2D eigenvalue weighted by Crippen LogP contribution is 2.19. The van der Waals surface area contributed by atoms with Crippen molar-refractivity contribution in [1.82, 2.24) is 14.4 Å². The quantitative estimate of drug-likeness (QED) is 0.851. The highest BCUT2D eigenvalue weighted by Gasteiger charge is 2.21.